The van der Waals surface area contributed by atoms with Gasteiger partial charge < -0.3 is 5.73 Å². The van der Waals surface area contributed by atoms with E-state index in [0.717, 1.165) is 17.8 Å². The SMILES string of the molecule is Cn1cc(Sc2nc(N)c(F)cc2F)cn1. The fourth-order valence-corrected chi connectivity index (χ4v) is 1.93. The van der Waals surface area contributed by atoms with Crippen LogP contribution in [0.1, 0.15) is 0 Å². The standard InChI is InChI=1S/C9H8F2N4S/c1-15-4-5(3-13-15)16-9-7(11)2-6(10)8(12)14-9/h2-4H,1H3,(H2,12,14). The van der Waals surface area contributed by atoms with Gasteiger partial charge in [0.25, 0.3) is 0 Å². The Morgan fingerprint density at radius 2 is 2.12 bits per heavy atom. The molecule has 0 aliphatic carbocycles. The molecule has 2 heterocycles. The Bertz CT molecular complexity index is 526. The molecule has 0 radical (unpaired) electrons. The lowest BCUT2D eigenvalue weighted by atomic mass is 10.4. The molecule has 0 saturated heterocycles. The van der Waals surface area contributed by atoms with E-state index >= 15 is 0 Å². The monoisotopic (exact) mass is 242 g/mol. The van der Waals surface area contributed by atoms with Crippen molar-refractivity contribution in [1.82, 2.24) is 14.8 Å². The van der Waals surface area contributed by atoms with Crippen molar-refractivity contribution in [3.05, 3.63) is 30.1 Å². The minimum atomic E-state index is -0.854. The molecule has 0 amide bonds. The van der Waals surface area contributed by atoms with Crippen LogP contribution >= 0.6 is 11.8 Å². The van der Waals surface area contributed by atoms with Crippen LogP contribution in [0.4, 0.5) is 14.6 Å². The molecule has 0 saturated carbocycles. The van der Waals surface area contributed by atoms with Crippen molar-refractivity contribution in [1.29, 1.82) is 0 Å². The Hall–Kier alpha value is -1.63. The number of aromatic nitrogens is 3. The third kappa shape index (κ3) is 2.13. The summed E-state index contributed by atoms with van der Waals surface area (Å²) in [5.41, 5.74) is 5.26. The third-order valence-electron chi connectivity index (χ3n) is 1.82. The van der Waals surface area contributed by atoms with Crippen LogP contribution in [0.3, 0.4) is 0 Å². The molecule has 84 valence electrons. The zero-order valence-electron chi connectivity index (χ0n) is 8.32. The number of nitrogens with zero attached hydrogens (tertiary/aromatic N) is 3. The van der Waals surface area contributed by atoms with Crippen LogP contribution < -0.4 is 5.73 Å². The van der Waals surface area contributed by atoms with Crippen molar-refractivity contribution in [2.45, 2.75) is 9.92 Å². The molecular weight excluding hydrogens is 234 g/mol. The first-order valence-corrected chi connectivity index (χ1v) is 5.16. The van der Waals surface area contributed by atoms with E-state index in [0.29, 0.717) is 4.90 Å². The fourth-order valence-electron chi connectivity index (χ4n) is 1.10. The van der Waals surface area contributed by atoms with Crippen LogP contribution in [0, 0.1) is 11.6 Å². The Labute approximate surface area is 94.5 Å². The predicted octanol–water partition coefficient (Wildman–Crippen LogP) is 1.83. The molecule has 0 aliphatic heterocycles. The predicted molar refractivity (Wildman–Crippen MR) is 55.9 cm³/mol. The molecule has 4 nitrogen and oxygen atoms in total. The van der Waals surface area contributed by atoms with E-state index in [2.05, 4.69) is 10.1 Å². The van der Waals surface area contributed by atoms with E-state index in [1.165, 1.54) is 0 Å². The summed E-state index contributed by atoms with van der Waals surface area (Å²) < 4.78 is 27.7. The first-order chi connectivity index (χ1) is 7.56. The zero-order chi connectivity index (χ0) is 11.7. The van der Waals surface area contributed by atoms with Crippen molar-refractivity contribution in [2.75, 3.05) is 5.73 Å². The number of pyridine rings is 1. The summed E-state index contributed by atoms with van der Waals surface area (Å²) in [5, 5.41) is 3.96. The fraction of sp³-hybridized carbons (Fsp3) is 0.111. The number of hydrogen-bond acceptors (Lipinski definition) is 4. The van der Waals surface area contributed by atoms with Crippen LogP contribution in [0.15, 0.2) is 28.4 Å². The number of anilines is 1. The maximum Gasteiger partial charge on any atom is 0.168 e. The van der Waals surface area contributed by atoms with Crippen LogP contribution in [0.2, 0.25) is 0 Å². The van der Waals surface area contributed by atoms with Gasteiger partial charge in [0.2, 0.25) is 0 Å². The van der Waals surface area contributed by atoms with Gasteiger partial charge in [-0.05, 0) is 0 Å². The minimum Gasteiger partial charge on any atom is -0.381 e. The van der Waals surface area contributed by atoms with E-state index in [-0.39, 0.29) is 10.8 Å². The maximum absolute atomic E-state index is 13.3. The molecule has 0 bridgehead atoms. The Balaban J connectivity index is 2.31. The lowest BCUT2D eigenvalue weighted by Crippen LogP contribution is -1.98. The minimum absolute atomic E-state index is 0.0342. The number of nitrogen functional groups attached to an aromatic ring is 1. The highest BCUT2D eigenvalue weighted by Gasteiger charge is 2.11. The van der Waals surface area contributed by atoms with Gasteiger partial charge in [0.1, 0.15) is 5.03 Å². The summed E-state index contributed by atoms with van der Waals surface area (Å²) in [5.74, 6) is -1.90. The highest BCUT2D eigenvalue weighted by atomic mass is 32.2. The summed E-state index contributed by atoms with van der Waals surface area (Å²) >= 11 is 1.04. The van der Waals surface area contributed by atoms with Gasteiger partial charge in [-0.15, -0.1) is 0 Å². The molecule has 0 unspecified atom stereocenters. The summed E-state index contributed by atoms with van der Waals surface area (Å²) in [7, 11) is 1.74. The molecular formula is C9H8F2N4S. The number of hydrogen-bond donors (Lipinski definition) is 1. The van der Waals surface area contributed by atoms with Crippen LogP contribution in [-0.2, 0) is 7.05 Å². The van der Waals surface area contributed by atoms with Gasteiger partial charge in [0.05, 0.1) is 11.1 Å². The number of nitrogens with two attached hydrogens (primary N) is 1. The van der Waals surface area contributed by atoms with E-state index < -0.39 is 11.6 Å². The molecule has 2 N–H and O–H groups in total. The zero-order valence-corrected chi connectivity index (χ0v) is 9.13. The molecule has 0 aliphatic rings. The van der Waals surface area contributed by atoms with Gasteiger partial charge in [-0.2, -0.15) is 5.10 Å². The second-order valence-corrected chi connectivity index (χ2v) is 4.16. The van der Waals surface area contributed by atoms with Crippen LogP contribution in [0.5, 0.6) is 0 Å². The summed E-state index contributed by atoms with van der Waals surface area (Å²) in [6, 6.07) is 0.723. The van der Waals surface area contributed by atoms with Gasteiger partial charge in [-0.1, -0.05) is 11.8 Å². The van der Waals surface area contributed by atoms with Gasteiger partial charge >= 0.3 is 0 Å². The number of halogens is 2. The second kappa shape index (κ2) is 4.09. The topological polar surface area (TPSA) is 56.7 Å². The van der Waals surface area contributed by atoms with Crippen molar-refractivity contribution >= 4 is 17.6 Å². The first-order valence-electron chi connectivity index (χ1n) is 4.34. The van der Waals surface area contributed by atoms with E-state index in [1.54, 1.807) is 24.1 Å². The van der Waals surface area contributed by atoms with Crippen molar-refractivity contribution in [2.24, 2.45) is 7.05 Å². The highest BCUT2D eigenvalue weighted by Crippen LogP contribution is 2.29. The maximum atomic E-state index is 13.3. The highest BCUT2D eigenvalue weighted by molar-refractivity contribution is 7.99. The number of rotatable bonds is 2. The Kier molecular flexibility index (Phi) is 2.78. The second-order valence-electron chi connectivity index (χ2n) is 3.09. The average molecular weight is 242 g/mol. The smallest absolute Gasteiger partial charge is 0.168 e. The van der Waals surface area contributed by atoms with Crippen molar-refractivity contribution in [3.8, 4) is 0 Å². The molecule has 2 aromatic heterocycles. The van der Waals surface area contributed by atoms with E-state index in [1.807, 2.05) is 0 Å². The molecule has 2 aromatic rings. The molecule has 7 heteroatoms. The molecule has 0 spiro atoms. The molecule has 16 heavy (non-hydrogen) atoms. The van der Waals surface area contributed by atoms with E-state index in [9.17, 15) is 8.78 Å². The van der Waals surface area contributed by atoms with Crippen LogP contribution in [0.25, 0.3) is 0 Å². The summed E-state index contributed by atoms with van der Waals surface area (Å²) in [6.07, 6.45) is 3.26. The third-order valence-corrected chi connectivity index (χ3v) is 2.75. The summed E-state index contributed by atoms with van der Waals surface area (Å²) in [6.45, 7) is 0. The normalized spacial score (nSPS) is 10.7. The average Bonchev–Trinajstić information content (AvgIpc) is 2.60. The Morgan fingerprint density at radius 3 is 2.75 bits per heavy atom. The lowest BCUT2D eigenvalue weighted by molar-refractivity contribution is 0.552. The van der Waals surface area contributed by atoms with Gasteiger partial charge in [0.15, 0.2) is 17.5 Å². The molecule has 2 rings (SSSR count). The number of aryl methyl sites for hydroxylation is 1. The summed E-state index contributed by atoms with van der Waals surface area (Å²) in [4.78, 5) is 4.34. The Morgan fingerprint density at radius 1 is 1.38 bits per heavy atom. The first kappa shape index (κ1) is 10.9. The largest absolute Gasteiger partial charge is 0.381 e. The van der Waals surface area contributed by atoms with Crippen molar-refractivity contribution in [3.63, 3.8) is 0 Å². The van der Waals surface area contributed by atoms with Gasteiger partial charge in [0, 0.05) is 19.3 Å². The van der Waals surface area contributed by atoms with Crippen molar-refractivity contribution < 1.29 is 8.78 Å². The van der Waals surface area contributed by atoms with Gasteiger partial charge in [-0.3, -0.25) is 4.68 Å². The molecule has 0 aromatic carbocycles. The quantitative estimate of drug-likeness (QED) is 0.872. The molecule has 0 fully saturated rings. The molecule has 0 atom stereocenters. The lowest BCUT2D eigenvalue weighted by Gasteiger charge is -2.02. The van der Waals surface area contributed by atoms with Crippen LogP contribution in [-0.4, -0.2) is 14.8 Å². The van der Waals surface area contributed by atoms with E-state index in [4.69, 9.17) is 5.73 Å². The van der Waals surface area contributed by atoms with Gasteiger partial charge in [-0.25, -0.2) is 13.8 Å².